The second-order valence-corrected chi connectivity index (χ2v) is 6.78. The van der Waals surface area contributed by atoms with Crippen molar-refractivity contribution in [2.75, 3.05) is 5.32 Å². The normalized spacial score (nSPS) is 10.5. The fraction of sp³-hybridized carbons (Fsp3) is 0.105. The summed E-state index contributed by atoms with van der Waals surface area (Å²) in [6.45, 7) is 4.20. The number of hydrogen-bond donors (Lipinski definition) is 2. The molecule has 3 rings (SSSR count). The first kappa shape index (κ1) is 17.0. The Labute approximate surface area is 149 Å². The van der Waals surface area contributed by atoms with Gasteiger partial charge in [0.25, 0.3) is 11.5 Å². The van der Waals surface area contributed by atoms with Gasteiger partial charge in [-0.15, -0.1) is 0 Å². The fourth-order valence-corrected chi connectivity index (χ4v) is 3.10. The van der Waals surface area contributed by atoms with Crippen LogP contribution in [0.4, 0.5) is 5.69 Å². The van der Waals surface area contributed by atoms with Crippen molar-refractivity contribution in [1.82, 2.24) is 10.2 Å². The highest BCUT2D eigenvalue weighted by Crippen LogP contribution is 2.29. The smallest absolute Gasteiger partial charge is 0.276 e. The molecule has 5 nitrogen and oxygen atoms in total. The molecule has 0 unspecified atom stereocenters. The Balaban J connectivity index is 1.67. The molecule has 0 bridgehead atoms. The molecule has 0 saturated heterocycles. The van der Waals surface area contributed by atoms with Crippen molar-refractivity contribution >= 4 is 23.4 Å². The van der Waals surface area contributed by atoms with E-state index in [1.807, 2.05) is 24.3 Å². The van der Waals surface area contributed by atoms with Crippen LogP contribution in [0.2, 0.25) is 0 Å². The monoisotopic (exact) mass is 351 g/mol. The lowest BCUT2D eigenvalue weighted by atomic mass is 10.1. The Morgan fingerprint density at radius 3 is 2.32 bits per heavy atom. The van der Waals surface area contributed by atoms with Crippen LogP contribution in [-0.2, 0) is 0 Å². The van der Waals surface area contributed by atoms with Gasteiger partial charge >= 0.3 is 0 Å². The first-order valence-electron chi connectivity index (χ1n) is 7.73. The van der Waals surface area contributed by atoms with E-state index in [-0.39, 0.29) is 17.2 Å². The minimum absolute atomic E-state index is 0.160. The van der Waals surface area contributed by atoms with Crippen molar-refractivity contribution in [3.63, 3.8) is 0 Å². The van der Waals surface area contributed by atoms with Gasteiger partial charge in [0, 0.05) is 21.5 Å². The Hall–Kier alpha value is -2.86. The Morgan fingerprint density at radius 2 is 1.68 bits per heavy atom. The summed E-state index contributed by atoms with van der Waals surface area (Å²) in [6, 6.07) is 16.6. The maximum Gasteiger partial charge on any atom is 0.276 e. The third-order valence-electron chi connectivity index (χ3n) is 3.74. The number of hydrogen-bond acceptors (Lipinski definition) is 4. The third kappa shape index (κ3) is 4.36. The van der Waals surface area contributed by atoms with Crippen LogP contribution in [0.1, 0.15) is 21.6 Å². The zero-order valence-electron chi connectivity index (χ0n) is 13.9. The van der Waals surface area contributed by atoms with Crippen LogP contribution in [-0.4, -0.2) is 16.1 Å². The summed E-state index contributed by atoms with van der Waals surface area (Å²) in [5.41, 5.74) is 3.03. The molecule has 0 saturated carbocycles. The summed E-state index contributed by atoms with van der Waals surface area (Å²) >= 11 is 1.67. The number of rotatable bonds is 4. The minimum atomic E-state index is -0.370. The SMILES string of the molecule is Cc1ccc(Sc2ccc(NC(=O)c3ccc(=O)[nH]n3)cc2)cc1C. The molecule has 0 spiro atoms. The number of aryl methyl sites for hydroxylation is 2. The Bertz CT molecular complexity index is 945. The second-order valence-electron chi connectivity index (χ2n) is 5.63. The van der Waals surface area contributed by atoms with Crippen LogP contribution >= 0.6 is 11.8 Å². The summed E-state index contributed by atoms with van der Waals surface area (Å²) in [5, 5.41) is 8.70. The predicted molar refractivity (Wildman–Crippen MR) is 99.3 cm³/mol. The number of nitrogens with zero attached hydrogens (tertiary/aromatic N) is 1. The fourth-order valence-electron chi connectivity index (χ4n) is 2.19. The molecule has 2 N–H and O–H groups in total. The van der Waals surface area contributed by atoms with E-state index in [0.29, 0.717) is 5.69 Å². The molecule has 3 aromatic rings. The first-order chi connectivity index (χ1) is 12.0. The molecule has 0 aliphatic carbocycles. The summed E-state index contributed by atoms with van der Waals surface area (Å²) in [4.78, 5) is 25.3. The average molecular weight is 351 g/mol. The Kier molecular flexibility index (Phi) is 5.00. The molecule has 0 aliphatic rings. The van der Waals surface area contributed by atoms with Gasteiger partial charge in [0.1, 0.15) is 5.69 Å². The number of nitrogens with one attached hydrogen (secondary N) is 2. The molecule has 1 aromatic heterocycles. The van der Waals surface area contributed by atoms with E-state index < -0.39 is 0 Å². The van der Waals surface area contributed by atoms with Crippen LogP contribution in [0.15, 0.2) is 69.2 Å². The van der Waals surface area contributed by atoms with E-state index >= 15 is 0 Å². The average Bonchev–Trinajstić information content (AvgIpc) is 2.60. The topological polar surface area (TPSA) is 74.8 Å². The number of carbonyl (C=O) groups is 1. The quantitative estimate of drug-likeness (QED) is 0.750. The highest BCUT2D eigenvalue weighted by Gasteiger charge is 2.08. The molecule has 25 heavy (non-hydrogen) atoms. The van der Waals surface area contributed by atoms with Crippen molar-refractivity contribution in [1.29, 1.82) is 0 Å². The van der Waals surface area contributed by atoms with Gasteiger partial charge in [0.15, 0.2) is 0 Å². The molecule has 1 heterocycles. The van der Waals surface area contributed by atoms with E-state index in [9.17, 15) is 9.59 Å². The van der Waals surface area contributed by atoms with Crippen molar-refractivity contribution in [3.8, 4) is 0 Å². The molecule has 6 heteroatoms. The standard InChI is InChI=1S/C19H17N3O2S/c1-12-3-6-16(11-13(12)2)25-15-7-4-14(5-8-15)20-19(24)17-9-10-18(23)22-21-17/h3-11H,1-2H3,(H,20,24)(H,22,23). The number of benzene rings is 2. The summed E-state index contributed by atoms with van der Waals surface area (Å²) in [6.07, 6.45) is 0. The molecule has 0 atom stereocenters. The Morgan fingerprint density at radius 1 is 0.960 bits per heavy atom. The van der Waals surface area contributed by atoms with E-state index in [4.69, 9.17) is 0 Å². The van der Waals surface area contributed by atoms with Gasteiger partial charge < -0.3 is 5.32 Å². The van der Waals surface area contributed by atoms with E-state index in [2.05, 4.69) is 47.6 Å². The van der Waals surface area contributed by atoms with Gasteiger partial charge in [-0.2, -0.15) is 5.10 Å². The van der Waals surface area contributed by atoms with Gasteiger partial charge in [0.05, 0.1) is 0 Å². The van der Waals surface area contributed by atoms with Gasteiger partial charge in [-0.1, -0.05) is 17.8 Å². The zero-order chi connectivity index (χ0) is 17.8. The number of anilines is 1. The highest BCUT2D eigenvalue weighted by atomic mass is 32.2. The number of amides is 1. The van der Waals surface area contributed by atoms with Crippen LogP contribution in [0.25, 0.3) is 0 Å². The molecule has 0 fully saturated rings. The lowest BCUT2D eigenvalue weighted by Gasteiger charge is -2.07. The van der Waals surface area contributed by atoms with Crippen LogP contribution < -0.4 is 10.9 Å². The van der Waals surface area contributed by atoms with Crippen molar-refractivity contribution in [3.05, 3.63) is 81.8 Å². The van der Waals surface area contributed by atoms with Crippen LogP contribution in [0, 0.1) is 13.8 Å². The largest absolute Gasteiger partial charge is 0.321 e. The zero-order valence-corrected chi connectivity index (χ0v) is 14.7. The summed E-state index contributed by atoms with van der Waals surface area (Å²) < 4.78 is 0. The van der Waals surface area contributed by atoms with Gasteiger partial charge in [-0.3, -0.25) is 9.59 Å². The number of aromatic nitrogens is 2. The van der Waals surface area contributed by atoms with Crippen molar-refractivity contribution in [2.24, 2.45) is 0 Å². The molecule has 1 amide bonds. The maximum atomic E-state index is 12.1. The third-order valence-corrected chi connectivity index (χ3v) is 4.74. The van der Waals surface area contributed by atoms with E-state index in [1.54, 1.807) is 11.8 Å². The summed E-state index contributed by atoms with van der Waals surface area (Å²) in [7, 11) is 0. The van der Waals surface area contributed by atoms with E-state index in [0.717, 1.165) is 4.90 Å². The molecular weight excluding hydrogens is 334 g/mol. The molecule has 0 radical (unpaired) electrons. The molecule has 126 valence electrons. The highest BCUT2D eigenvalue weighted by molar-refractivity contribution is 7.99. The minimum Gasteiger partial charge on any atom is -0.321 e. The molecule has 0 aliphatic heterocycles. The van der Waals surface area contributed by atoms with Crippen molar-refractivity contribution < 1.29 is 4.79 Å². The van der Waals surface area contributed by atoms with Crippen LogP contribution in [0.5, 0.6) is 0 Å². The van der Waals surface area contributed by atoms with Gasteiger partial charge in [-0.05, 0) is 67.4 Å². The lowest BCUT2D eigenvalue weighted by molar-refractivity contribution is 0.102. The maximum absolute atomic E-state index is 12.1. The first-order valence-corrected chi connectivity index (χ1v) is 8.55. The molecule has 2 aromatic carbocycles. The van der Waals surface area contributed by atoms with Gasteiger partial charge in [0.2, 0.25) is 0 Å². The predicted octanol–water partition coefficient (Wildman–Crippen LogP) is 3.79. The number of aromatic amines is 1. The van der Waals surface area contributed by atoms with Gasteiger partial charge in [-0.25, -0.2) is 5.10 Å². The number of carbonyl (C=O) groups excluding carboxylic acids is 1. The van der Waals surface area contributed by atoms with Crippen molar-refractivity contribution in [2.45, 2.75) is 23.6 Å². The second kappa shape index (κ2) is 7.36. The molecular formula is C19H17N3O2S. The van der Waals surface area contributed by atoms with Crippen LogP contribution in [0.3, 0.4) is 0 Å². The van der Waals surface area contributed by atoms with E-state index in [1.165, 1.54) is 28.2 Å². The number of H-pyrrole nitrogens is 1. The summed E-state index contributed by atoms with van der Waals surface area (Å²) in [5.74, 6) is -0.370. The lowest BCUT2D eigenvalue weighted by Crippen LogP contribution is -2.17.